The monoisotopic (exact) mass is 326 g/mol. The molecule has 1 saturated heterocycles. The van der Waals surface area contributed by atoms with Crippen LogP contribution >= 0.6 is 0 Å². The van der Waals surface area contributed by atoms with E-state index in [1.165, 1.54) is 0 Å². The van der Waals surface area contributed by atoms with Crippen molar-refractivity contribution in [3.63, 3.8) is 0 Å². The van der Waals surface area contributed by atoms with Gasteiger partial charge in [0.2, 0.25) is 10.0 Å². The molecule has 2 rings (SSSR count). The van der Waals surface area contributed by atoms with E-state index < -0.39 is 10.0 Å². The number of benzene rings is 1. The van der Waals surface area contributed by atoms with Crippen LogP contribution in [0.5, 0.6) is 0 Å². The number of hydrogen-bond donors (Lipinski definition) is 2. The summed E-state index contributed by atoms with van der Waals surface area (Å²) in [6, 6.07) is 9.70. The number of piperidine rings is 1. The highest BCUT2D eigenvalue weighted by Gasteiger charge is 2.33. The van der Waals surface area contributed by atoms with Crippen molar-refractivity contribution in [1.29, 1.82) is 0 Å². The van der Waals surface area contributed by atoms with Gasteiger partial charge < -0.3 is 10.1 Å². The SMILES string of the molecule is COCC1(CNS(=O)(=O)CCc2ccccc2)CCNCC1. The van der Waals surface area contributed by atoms with Gasteiger partial charge in [0.25, 0.3) is 0 Å². The third-order valence-corrected chi connectivity index (χ3v) is 5.61. The maximum Gasteiger partial charge on any atom is 0.211 e. The van der Waals surface area contributed by atoms with E-state index in [9.17, 15) is 8.42 Å². The molecule has 0 saturated carbocycles. The van der Waals surface area contributed by atoms with Crippen LogP contribution in [0.15, 0.2) is 30.3 Å². The second-order valence-electron chi connectivity index (χ2n) is 6.06. The number of aryl methyl sites for hydroxylation is 1. The summed E-state index contributed by atoms with van der Waals surface area (Å²) >= 11 is 0. The Morgan fingerprint density at radius 1 is 1.23 bits per heavy atom. The van der Waals surface area contributed by atoms with Crippen molar-refractivity contribution in [1.82, 2.24) is 10.0 Å². The van der Waals surface area contributed by atoms with Gasteiger partial charge in [0.1, 0.15) is 0 Å². The minimum atomic E-state index is -3.26. The summed E-state index contributed by atoms with van der Waals surface area (Å²) in [5, 5.41) is 3.31. The summed E-state index contributed by atoms with van der Waals surface area (Å²) in [4.78, 5) is 0. The minimum absolute atomic E-state index is 0.0835. The van der Waals surface area contributed by atoms with Crippen LogP contribution in [0.3, 0.4) is 0 Å². The van der Waals surface area contributed by atoms with Crippen molar-refractivity contribution in [3.8, 4) is 0 Å². The molecule has 1 heterocycles. The molecule has 5 nitrogen and oxygen atoms in total. The van der Waals surface area contributed by atoms with Crippen LogP contribution in [0, 0.1) is 5.41 Å². The van der Waals surface area contributed by atoms with Gasteiger partial charge in [-0.1, -0.05) is 30.3 Å². The van der Waals surface area contributed by atoms with Crippen molar-refractivity contribution < 1.29 is 13.2 Å². The average molecular weight is 326 g/mol. The zero-order chi connectivity index (χ0) is 15.9. The van der Waals surface area contributed by atoms with Crippen LogP contribution in [0.2, 0.25) is 0 Å². The van der Waals surface area contributed by atoms with Gasteiger partial charge in [-0.05, 0) is 37.9 Å². The van der Waals surface area contributed by atoms with E-state index in [1.54, 1.807) is 7.11 Å². The highest BCUT2D eigenvalue weighted by atomic mass is 32.2. The number of ether oxygens (including phenoxy) is 1. The minimum Gasteiger partial charge on any atom is -0.384 e. The number of sulfonamides is 1. The van der Waals surface area contributed by atoms with Gasteiger partial charge in [0.05, 0.1) is 12.4 Å². The van der Waals surface area contributed by atoms with E-state index in [2.05, 4.69) is 10.0 Å². The van der Waals surface area contributed by atoms with E-state index in [-0.39, 0.29) is 11.2 Å². The molecular weight excluding hydrogens is 300 g/mol. The molecule has 0 spiro atoms. The third-order valence-electron chi connectivity index (χ3n) is 4.28. The van der Waals surface area contributed by atoms with Crippen LogP contribution in [0.4, 0.5) is 0 Å². The number of methoxy groups -OCH3 is 1. The molecule has 22 heavy (non-hydrogen) atoms. The molecule has 1 fully saturated rings. The Bertz CT molecular complexity index is 534. The lowest BCUT2D eigenvalue weighted by Crippen LogP contribution is -2.47. The second kappa shape index (κ2) is 8.06. The average Bonchev–Trinajstić information content (AvgIpc) is 2.54. The van der Waals surface area contributed by atoms with Gasteiger partial charge in [0.15, 0.2) is 0 Å². The van der Waals surface area contributed by atoms with Crippen molar-refractivity contribution in [3.05, 3.63) is 35.9 Å². The van der Waals surface area contributed by atoms with Crippen molar-refractivity contribution >= 4 is 10.0 Å². The fourth-order valence-electron chi connectivity index (χ4n) is 2.87. The first-order valence-electron chi connectivity index (χ1n) is 7.76. The first-order chi connectivity index (χ1) is 10.6. The van der Waals surface area contributed by atoms with Gasteiger partial charge in [-0.25, -0.2) is 13.1 Å². The molecule has 6 heteroatoms. The van der Waals surface area contributed by atoms with E-state index in [1.807, 2.05) is 30.3 Å². The topological polar surface area (TPSA) is 67.4 Å². The summed E-state index contributed by atoms with van der Waals surface area (Å²) in [6.45, 7) is 2.87. The van der Waals surface area contributed by atoms with Crippen LogP contribution in [0.25, 0.3) is 0 Å². The largest absolute Gasteiger partial charge is 0.384 e. The fraction of sp³-hybridized carbons (Fsp3) is 0.625. The Morgan fingerprint density at radius 2 is 1.91 bits per heavy atom. The van der Waals surface area contributed by atoms with Gasteiger partial charge in [-0.2, -0.15) is 0 Å². The molecule has 0 unspecified atom stereocenters. The smallest absolute Gasteiger partial charge is 0.211 e. The Labute approximate surface area is 133 Å². The van der Waals surface area contributed by atoms with Crippen molar-refractivity contribution in [2.45, 2.75) is 19.3 Å². The van der Waals surface area contributed by atoms with Gasteiger partial charge in [-0.15, -0.1) is 0 Å². The van der Waals surface area contributed by atoms with Crippen molar-refractivity contribution in [2.24, 2.45) is 5.41 Å². The number of nitrogens with one attached hydrogen (secondary N) is 2. The lowest BCUT2D eigenvalue weighted by atomic mass is 9.80. The second-order valence-corrected chi connectivity index (χ2v) is 7.99. The number of rotatable bonds is 8. The van der Waals surface area contributed by atoms with Crippen molar-refractivity contribution in [2.75, 3.05) is 39.1 Å². The first-order valence-corrected chi connectivity index (χ1v) is 9.41. The zero-order valence-corrected chi connectivity index (χ0v) is 14.0. The molecule has 0 radical (unpaired) electrons. The molecule has 1 aliphatic heterocycles. The summed E-state index contributed by atoms with van der Waals surface area (Å²) in [6.07, 6.45) is 2.40. The first kappa shape index (κ1) is 17.4. The Balaban J connectivity index is 1.87. The molecule has 2 N–H and O–H groups in total. The van der Waals surface area contributed by atoms with Gasteiger partial charge in [-0.3, -0.25) is 0 Å². The van der Waals surface area contributed by atoms with Crippen LogP contribution in [-0.2, 0) is 21.2 Å². The van der Waals surface area contributed by atoms with Crippen LogP contribution < -0.4 is 10.0 Å². The molecule has 1 aromatic carbocycles. The fourth-order valence-corrected chi connectivity index (χ4v) is 4.04. The van der Waals surface area contributed by atoms with E-state index >= 15 is 0 Å². The molecule has 0 amide bonds. The lowest BCUT2D eigenvalue weighted by Gasteiger charge is -2.37. The molecular formula is C16H26N2O3S. The summed E-state index contributed by atoms with van der Waals surface area (Å²) < 4.78 is 32.6. The van der Waals surface area contributed by atoms with Gasteiger partial charge >= 0.3 is 0 Å². The molecule has 0 aromatic heterocycles. The molecule has 0 bridgehead atoms. The highest BCUT2D eigenvalue weighted by molar-refractivity contribution is 7.89. The molecule has 1 aliphatic rings. The standard InChI is InChI=1S/C16H26N2O3S/c1-21-14-16(8-10-17-11-9-16)13-18-22(19,20)12-7-15-5-3-2-4-6-15/h2-6,17-18H,7-14H2,1H3. The molecule has 0 aliphatic carbocycles. The molecule has 0 atom stereocenters. The normalized spacial score (nSPS) is 18.2. The summed E-state index contributed by atoms with van der Waals surface area (Å²) in [5.74, 6) is 0.123. The Morgan fingerprint density at radius 3 is 2.55 bits per heavy atom. The lowest BCUT2D eigenvalue weighted by molar-refractivity contribution is 0.0577. The predicted octanol–water partition coefficient (Wildman–Crippen LogP) is 1.16. The van der Waals surface area contributed by atoms with Crippen LogP contribution in [0.1, 0.15) is 18.4 Å². The highest BCUT2D eigenvalue weighted by Crippen LogP contribution is 2.28. The number of hydrogen-bond acceptors (Lipinski definition) is 4. The zero-order valence-electron chi connectivity index (χ0n) is 13.2. The quantitative estimate of drug-likeness (QED) is 0.752. The summed E-state index contributed by atoms with van der Waals surface area (Å²) in [5.41, 5.74) is 0.959. The van der Waals surface area contributed by atoms with Crippen LogP contribution in [-0.4, -0.2) is 47.5 Å². The summed E-state index contributed by atoms with van der Waals surface area (Å²) in [7, 11) is -1.59. The predicted molar refractivity (Wildman–Crippen MR) is 88.3 cm³/mol. The van der Waals surface area contributed by atoms with E-state index in [4.69, 9.17) is 4.74 Å². The Hall–Kier alpha value is -0.950. The van der Waals surface area contributed by atoms with Gasteiger partial charge in [0, 0.05) is 19.1 Å². The Kier molecular flexibility index (Phi) is 6.37. The van der Waals surface area contributed by atoms with E-state index in [0.29, 0.717) is 19.6 Å². The third kappa shape index (κ3) is 5.35. The maximum absolute atomic E-state index is 12.2. The molecule has 1 aromatic rings. The maximum atomic E-state index is 12.2. The van der Waals surface area contributed by atoms with E-state index in [0.717, 1.165) is 31.5 Å². The molecule has 124 valence electrons.